The van der Waals surface area contributed by atoms with Crippen LogP contribution in [-0.2, 0) is 13.0 Å². The minimum atomic E-state index is 0.686. The van der Waals surface area contributed by atoms with Crippen LogP contribution in [0.15, 0.2) is 85.3 Å². The number of hydrogen-bond acceptors (Lipinski definition) is 2. The van der Waals surface area contributed by atoms with E-state index in [1.807, 2.05) is 36.8 Å². The predicted molar refractivity (Wildman–Crippen MR) is 112 cm³/mol. The monoisotopic (exact) mass is 363 g/mol. The van der Waals surface area contributed by atoms with Gasteiger partial charge in [-0.3, -0.25) is 0 Å². The van der Waals surface area contributed by atoms with Crippen LogP contribution in [0.3, 0.4) is 0 Å². The predicted octanol–water partition coefficient (Wildman–Crippen LogP) is 5.37. The smallest absolute Gasteiger partial charge is 0.0991 e. The Labute approximate surface area is 165 Å². The molecule has 0 radical (unpaired) electrons. The molecule has 0 bridgehead atoms. The number of aryl methyl sites for hydroxylation is 1. The van der Waals surface area contributed by atoms with Gasteiger partial charge in [-0.25, -0.2) is 4.98 Å². The first kappa shape index (κ1) is 17.8. The van der Waals surface area contributed by atoms with Gasteiger partial charge >= 0.3 is 0 Å². The molecule has 3 nitrogen and oxygen atoms in total. The average molecular weight is 363 g/mol. The molecule has 0 amide bonds. The van der Waals surface area contributed by atoms with Crippen molar-refractivity contribution in [2.24, 2.45) is 0 Å². The summed E-state index contributed by atoms with van der Waals surface area (Å²) in [6.07, 6.45) is 4.60. The van der Waals surface area contributed by atoms with E-state index in [1.54, 1.807) is 0 Å². The molecule has 3 heteroatoms. The van der Waals surface area contributed by atoms with E-state index in [4.69, 9.17) is 5.26 Å². The quantitative estimate of drug-likeness (QED) is 0.478. The van der Waals surface area contributed by atoms with Gasteiger partial charge < -0.3 is 4.57 Å². The fourth-order valence-electron chi connectivity index (χ4n) is 3.43. The molecule has 28 heavy (non-hydrogen) atoms. The molecule has 0 aliphatic carbocycles. The standard InChI is InChI=1S/C25H21N3/c1-19-4-2-3-5-25(19)23-12-10-22(11-13-23)17-28-18-27-16-24(28)14-20-6-8-21(15-26)9-7-20/h2-13,16,18H,14,17H2,1H3. The van der Waals surface area contributed by atoms with E-state index in [1.165, 1.54) is 27.8 Å². The van der Waals surface area contributed by atoms with Crippen LogP contribution < -0.4 is 0 Å². The van der Waals surface area contributed by atoms with Gasteiger partial charge in [0.25, 0.3) is 0 Å². The van der Waals surface area contributed by atoms with Crippen molar-refractivity contribution >= 4 is 0 Å². The lowest BCUT2D eigenvalue weighted by Crippen LogP contribution is -2.04. The van der Waals surface area contributed by atoms with Gasteiger partial charge in [-0.2, -0.15) is 5.26 Å². The van der Waals surface area contributed by atoms with Crippen molar-refractivity contribution in [3.8, 4) is 17.2 Å². The molecule has 0 saturated carbocycles. The third-order valence-electron chi connectivity index (χ3n) is 5.03. The Morgan fingerprint density at radius 3 is 2.32 bits per heavy atom. The van der Waals surface area contributed by atoms with Crippen LogP contribution >= 0.6 is 0 Å². The topological polar surface area (TPSA) is 41.6 Å². The van der Waals surface area contributed by atoms with Gasteiger partial charge in [0.2, 0.25) is 0 Å². The summed E-state index contributed by atoms with van der Waals surface area (Å²) in [4.78, 5) is 4.34. The molecule has 0 N–H and O–H groups in total. The fourth-order valence-corrected chi connectivity index (χ4v) is 3.43. The van der Waals surface area contributed by atoms with Gasteiger partial charge in [0.15, 0.2) is 0 Å². The van der Waals surface area contributed by atoms with Crippen molar-refractivity contribution in [3.05, 3.63) is 113 Å². The summed E-state index contributed by atoms with van der Waals surface area (Å²) in [6, 6.07) is 27.1. The lowest BCUT2D eigenvalue weighted by molar-refractivity contribution is 0.753. The van der Waals surface area contributed by atoms with Crippen molar-refractivity contribution in [2.45, 2.75) is 19.9 Å². The molecular formula is C25H21N3. The van der Waals surface area contributed by atoms with E-state index in [0.717, 1.165) is 18.7 Å². The summed E-state index contributed by atoms with van der Waals surface area (Å²) in [7, 11) is 0. The Morgan fingerprint density at radius 2 is 1.61 bits per heavy atom. The van der Waals surface area contributed by atoms with Crippen molar-refractivity contribution < 1.29 is 0 Å². The zero-order valence-corrected chi connectivity index (χ0v) is 15.8. The minimum absolute atomic E-state index is 0.686. The van der Waals surface area contributed by atoms with Crippen molar-refractivity contribution in [2.75, 3.05) is 0 Å². The summed E-state index contributed by atoms with van der Waals surface area (Å²) in [5, 5.41) is 8.94. The summed E-state index contributed by atoms with van der Waals surface area (Å²) in [5.41, 5.74) is 8.07. The maximum Gasteiger partial charge on any atom is 0.0991 e. The second kappa shape index (κ2) is 7.94. The largest absolute Gasteiger partial charge is 0.330 e. The summed E-state index contributed by atoms with van der Waals surface area (Å²) in [6.45, 7) is 2.93. The van der Waals surface area contributed by atoms with E-state index >= 15 is 0 Å². The molecule has 0 spiro atoms. The fraction of sp³-hybridized carbons (Fsp3) is 0.120. The lowest BCUT2D eigenvalue weighted by atomic mass is 9.99. The SMILES string of the molecule is Cc1ccccc1-c1ccc(Cn2cncc2Cc2ccc(C#N)cc2)cc1. The van der Waals surface area contributed by atoms with E-state index in [0.29, 0.717) is 5.56 Å². The number of aromatic nitrogens is 2. The van der Waals surface area contributed by atoms with Crippen LogP contribution in [0, 0.1) is 18.3 Å². The summed E-state index contributed by atoms with van der Waals surface area (Å²) >= 11 is 0. The van der Waals surface area contributed by atoms with E-state index in [2.05, 4.69) is 71.1 Å². The van der Waals surface area contributed by atoms with E-state index in [-0.39, 0.29) is 0 Å². The molecule has 4 aromatic rings. The second-order valence-corrected chi connectivity index (χ2v) is 7.01. The van der Waals surface area contributed by atoms with Gasteiger partial charge in [0.1, 0.15) is 0 Å². The van der Waals surface area contributed by atoms with Gasteiger partial charge in [0.05, 0.1) is 18.0 Å². The molecule has 0 unspecified atom stereocenters. The van der Waals surface area contributed by atoms with Crippen LogP contribution in [0.5, 0.6) is 0 Å². The highest BCUT2D eigenvalue weighted by atomic mass is 15.0. The highest BCUT2D eigenvalue weighted by molar-refractivity contribution is 5.67. The molecule has 1 aromatic heterocycles. The number of rotatable bonds is 5. The normalized spacial score (nSPS) is 10.6. The second-order valence-electron chi connectivity index (χ2n) is 7.01. The van der Waals surface area contributed by atoms with Crippen molar-refractivity contribution in [1.82, 2.24) is 9.55 Å². The molecule has 4 rings (SSSR count). The molecular weight excluding hydrogens is 342 g/mol. The third-order valence-corrected chi connectivity index (χ3v) is 5.03. The maximum absolute atomic E-state index is 8.94. The van der Waals surface area contributed by atoms with Gasteiger partial charge in [-0.05, 0) is 46.9 Å². The Hall–Kier alpha value is -3.64. The zero-order chi connectivity index (χ0) is 19.3. The molecule has 0 fully saturated rings. The number of nitrogens with zero attached hydrogens (tertiary/aromatic N) is 3. The molecule has 0 atom stereocenters. The van der Waals surface area contributed by atoms with Gasteiger partial charge in [-0.1, -0.05) is 60.7 Å². The first-order valence-electron chi connectivity index (χ1n) is 9.36. The summed E-state index contributed by atoms with van der Waals surface area (Å²) < 4.78 is 2.18. The first-order chi connectivity index (χ1) is 13.7. The Bertz CT molecular complexity index is 1110. The van der Waals surface area contributed by atoms with Crippen LogP contribution in [0.25, 0.3) is 11.1 Å². The highest BCUT2D eigenvalue weighted by Gasteiger charge is 2.06. The molecule has 136 valence electrons. The van der Waals surface area contributed by atoms with Gasteiger partial charge in [-0.15, -0.1) is 0 Å². The molecule has 1 heterocycles. The highest BCUT2D eigenvalue weighted by Crippen LogP contribution is 2.23. The number of benzene rings is 3. The van der Waals surface area contributed by atoms with Crippen LogP contribution in [0.4, 0.5) is 0 Å². The van der Waals surface area contributed by atoms with Crippen LogP contribution in [0.1, 0.15) is 27.9 Å². The zero-order valence-electron chi connectivity index (χ0n) is 15.8. The minimum Gasteiger partial charge on any atom is -0.330 e. The number of nitriles is 1. The maximum atomic E-state index is 8.94. The Balaban J connectivity index is 1.50. The Morgan fingerprint density at radius 1 is 0.893 bits per heavy atom. The van der Waals surface area contributed by atoms with Crippen LogP contribution in [-0.4, -0.2) is 9.55 Å². The van der Waals surface area contributed by atoms with E-state index < -0.39 is 0 Å². The molecule has 0 aliphatic rings. The molecule has 0 aliphatic heterocycles. The third kappa shape index (κ3) is 3.87. The van der Waals surface area contributed by atoms with Gasteiger partial charge in [0, 0.05) is 24.9 Å². The molecule has 3 aromatic carbocycles. The Kier molecular flexibility index (Phi) is 5.03. The van der Waals surface area contributed by atoms with Crippen molar-refractivity contribution in [3.63, 3.8) is 0 Å². The number of imidazole rings is 1. The van der Waals surface area contributed by atoms with Crippen LogP contribution in [0.2, 0.25) is 0 Å². The first-order valence-corrected chi connectivity index (χ1v) is 9.36. The van der Waals surface area contributed by atoms with Crippen molar-refractivity contribution in [1.29, 1.82) is 5.26 Å². The number of hydrogen-bond donors (Lipinski definition) is 0. The summed E-state index contributed by atoms with van der Waals surface area (Å²) in [5.74, 6) is 0. The molecule has 0 saturated heterocycles. The van der Waals surface area contributed by atoms with E-state index in [9.17, 15) is 0 Å². The average Bonchev–Trinajstić information content (AvgIpc) is 3.16. The lowest BCUT2D eigenvalue weighted by Gasteiger charge is -2.10.